The molecular formula is C10H17N3O. The first-order valence-electron chi connectivity index (χ1n) is 5.36. The maximum absolute atomic E-state index is 6.26. The minimum absolute atomic E-state index is 0.324. The lowest BCUT2D eigenvalue weighted by atomic mass is 9.82. The second kappa shape index (κ2) is 3.69. The molecule has 0 bridgehead atoms. The van der Waals surface area contributed by atoms with Gasteiger partial charge in [0.2, 0.25) is 5.89 Å². The third-order valence-corrected chi connectivity index (χ3v) is 2.96. The van der Waals surface area contributed by atoms with E-state index in [1.54, 1.807) is 0 Å². The van der Waals surface area contributed by atoms with Gasteiger partial charge in [0.05, 0.1) is 5.54 Å². The molecule has 0 radical (unpaired) electrons. The number of aryl methyl sites for hydroxylation is 1. The highest BCUT2D eigenvalue weighted by Crippen LogP contribution is 2.32. The van der Waals surface area contributed by atoms with Gasteiger partial charge in [-0.2, -0.15) is 4.98 Å². The Kier molecular flexibility index (Phi) is 2.54. The number of hydrogen-bond donors (Lipinski definition) is 1. The molecule has 2 rings (SSSR count). The summed E-state index contributed by atoms with van der Waals surface area (Å²) >= 11 is 0. The van der Waals surface area contributed by atoms with Gasteiger partial charge in [-0.15, -0.1) is 0 Å². The minimum Gasteiger partial charge on any atom is -0.339 e. The standard InChI is InChI=1S/C10H17N3O/c1-2-8-12-9(13-14-8)10(11)6-4-3-5-7-10/h2-7,11H2,1H3. The van der Waals surface area contributed by atoms with Gasteiger partial charge in [0, 0.05) is 6.42 Å². The molecule has 1 aromatic heterocycles. The lowest BCUT2D eigenvalue weighted by Crippen LogP contribution is -2.39. The van der Waals surface area contributed by atoms with Crippen LogP contribution in [0, 0.1) is 0 Å². The van der Waals surface area contributed by atoms with Crippen molar-refractivity contribution in [2.75, 3.05) is 0 Å². The maximum Gasteiger partial charge on any atom is 0.226 e. The molecule has 4 nitrogen and oxygen atoms in total. The summed E-state index contributed by atoms with van der Waals surface area (Å²) in [5, 5.41) is 3.97. The van der Waals surface area contributed by atoms with Crippen LogP contribution >= 0.6 is 0 Å². The highest BCUT2D eigenvalue weighted by molar-refractivity contribution is 5.05. The van der Waals surface area contributed by atoms with Crippen LogP contribution in [0.3, 0.4) is 0 Å². The van der Waals surface area contributed by atoms with Gasteiger partial charge in [-0.25, -0.2) is 0 Å². The van der Waals surface area contributed by atoms with Crippen LogP contribution < -0.4 is 5.73 Å². The van der Waals surface area contributed by atoms with Crippen LogP contribution in [0.25, 0.3) is 0 Å². The van der Waals surface area contributed by atoms with Crippen molar-refractivity contribution in [3.63, 3.8) is 0 Å². The zero-order valence-electron chi connectivity index (χ0n) is 8.62. The van der Waals surface area contributed by atoms with Gasteiger partial charge >= 0.3 is 0 Å². The molecule has 1 saturated carbocycles. The molecule has 0 saturated heterocycles. The third kappa shape index (κ3) is 1.66. The molecule has 0 amide bonds. The lowest BCUT2D eigenvalue weighted by Gasteiger charge is -2.29. The predicted octanol–water partition coefficient (Wildman–Crippen LogP) is 1.75. The molecule has 1 aliphatic carbocycles. The molecule has 14 heavy (non-hydrogen) atoms. The summed E-state index contributed by atoms with van der Waals surface area (Å²) in [4.78, 5) is 4.32. The van der Waals surface area contributed by atoms with Crippen LogP contribution in [-0.4, -0.2) is 10.1 Å². The van der Waals surface area contributed by atoms with E-state index in [0.717, 1.165) is 19.3 Å². The Morgan fingerprint density at radius 2 is 2.07 bits per heavy atom. The predicted molar refractivity (Wildman–Crippen MR) is 52.6 cm³/mol. The average molecular weight is 195 g/mol. The van der Waals surface area contributed by atoms with Crippen LogP contribution in [-0.2, 0) is 12.0 Å². The Morgan fingerprint density at radius 1 is 1.36 bits per heavy atom. The SMILES string of the molecule is CCc1nc(C2(N)CCCCC2)no1. The number of nitrogens with zero attached hydrogens (tertiary/aromatic N) is 2. The summed E-state index contributed by atoms with van der Waals surface area (Å²) in [6.45, 7) is 2.00. The zero-order valence-corrected chi connectivity index (χ0v) is 8.62. The van der Waals surface area contributed by atoms with E-state index in [1.165, 1.54) is 19.3 Å². The summed E-state index contributed by atoms with van der Waals surface area (Å²) < 4.78 is 5.09. The quantitative estimate of drug-likeness (QED) is 0.780. The van der Waals surface area contributed by atoms with E-state index in [1.807, 2.05) is 6.92 Å². The normalized spacial score (nSPS) is 21.0. The fourth-order valence-electron chi connectivity index (χ4n) is 2.01. The minimum atomic E-state index is -0.324. The van der Waals surface area contributed by atoms with Crippen molar-refractivity contribution in [2.24, 2.45) is 5.73 Å². The fourth-order valence-corrected chi connectivity index (χ4v) is 2.01. The van der Waals surface area contributed by atoms with E-state index < -0.39 is 0 Å². The van der Waals surface area contributed by atoms with Gasteiger partial charge in [0.25, 0.3) is 0 Å². The second-order valence-corrected chi connectivity index (χ2v) is 4.08. The molecular weight excluding hydrogens is 178 g/mol. The highest BCUT2D eigenvalue weighted by Gasteiger charge is 2.33. The van der Waals surface area contributed by atoms with Gasteiger partial charge in [0.15, 0.2) is 5.82 Å². The van der Waals surface area contributed by atoms with E-state index in [2.05, 4.69) is 10.1 Å². The smallest absolute Gasteiger partial charge is 0.226 e. The van der Waals surface area contributed by atoms with Crippen molar-refractivity contribution < 1.29 is 4.52 Å². The summed E-state index contributed by atoms with van der Waals surface area (Å²) in [6.07, 6.45) is 6.37. The first-order chi connectivity index (χ1) is 6.74. The van der Waals surface area contributed by atoms with Crippen molar-refractivity contribution >= 4 is 0 Å². The molecule has 78 valence electrons. The molecule has 1 aromatic rings. The van der Waals surface area contributed by atoms with Crippen LogP contribution in [0.1, 0.15) is 50.7 Å². The van der Waals surface area contributed by atoms with Crippen molar-refractivity contribution in [2.45, 2.75) is 51.0 Å². The van der Waals surface area contributed by atoms with Crippen LogP contribution in [0.2, 0.25) is 0 Å². The topological polar surface area (TPSA) is 64.9 Å². The Hall–Kier alpha value is -0.900. The second-order valence-electron chi connectivity index (χ2n) is 4.08. The Bertz CT molecular complexity index is 302. The van der Waals surface area contributed by atoms with Crippen molar-refractivity contribution in [3.05, 3.63) is 11.7 Å². The number of hydrogen-bond acceptors (Lipinski definition) is 4. The molecule has 0 aliphatic heterocycles. The summed E-state index contributed by atoms with van der Waals surface area (Å²) in [5.74, 6) is 1.39. The van der Waals surface area contributed by atoms with E-state index in [4.69, 9.17) is 10.3 Å². The lowest BCUT2D eigenvalue weighted by molar-refractivity contribution is 0.273. The average Bonchev–Trinajstić information content (AvgIpc) is 2.67. The summed E-state index contributed by atoms with van der Waals surface area (Å²) in [7, 11) is 0. The van der Waals surface area contributed by atoms with E-state index in [9.17, 15) is 0 Å². The molecule has 0 spiro atoms. The van der Waals surface area contributed by atoms with Crippen molar-refractivity contribution in [1.29, 1.82) is 0 Å². The van der Waals surface area contributed by atoms with Crippen LogP contribution in [0.4, 0.5) is 0 Å². The zero-order chi connectivity index (χ0) is 10.0. The third-order valence-electron chi connectivity index (χ3n) is 2.96. The van der Waals surface area contributed by atoms with Crippen molar-refractivity contribution in [1.82, 2.24) is 10.1 Å². The van der Waals surface area contributed by atoms with E-state index in [0.29, 0.717) is 11.7 Å². The molecule has 1 aliphatic rings. The molecule has 0 unspecified atom stereocenters. The van der Waals surface area contributed by atoms with Gasteiger partial charge in [-0.05, 0) is 12.8 Å². The van der Waals surface area contributed by atoms with Gasteiger partial charge in [-0.3, -0.25) is 0 Å². The van der Waals surface area contributed by atoms with Gasteiger partial charge in [0.1, 0.15) is 0 Å². The molecule has 4 heteroatoms. The van der Waals surface area contributed by atoms with Gasteiger partial charge < -0.3 is 10.3 Å². The fraction of sp³-hybridized carbons (Fsp3) is 0.800. The summed E-state index contributed by atoms with van der Waals surface area (Å²) in [6, 6.07) is 0. The Labute approximate surface area is 83.9 Å². The van der Waals surface area contributed by atoms with Crippen LogP contribution in [0.15, 0.2) is 4.52 Å². The van der Waals surface area contributed by atoms with E-state index >= 15 is 0 Å². The van der Waals surface area contributed by atoms with Crippen LogP contribution in [0.5, 0.6) is 0 Å². The van der Waals surface area contributed by atoms with Gasteiger partial charge in [-0.1, -0.05) is 31.3 Å². The maximum atomic E-state index is 6.26. The first-order valence-corrected chi connectivity index (χ1v) is 5.36. The van der Waals surface area contributed by atoms with Crippen molar-refractivity contribution in [3.8, 4) is 0 Å². The first kappa shape index (κ1) is 9.65. The molecule has 1 fully saturated rings. The largest absolute Gasteiger partial charge is 0.339 e. The molecule has 1 heterocycles. The number of aromatic nitrogens is 2. The molecule has 0 aromatic carbocycles. The summed E-state index contributed by atoms with van der Waals surface area (Å²) in [5.41, 5.74) is 5.94. The Morgan fingerprint density at radius 3 is 2.64 bits per heavy atom. The molecule has 0 atom stereocenters. The highest BCUT2D eigenvalue weighted by atomic mass is 16.5. The number of rotatable bonds is 2. The van der Waals surface area contributed by atoms with E-state index in [-0.39, 0.29) is 5.54 Å². The monoisotopic (exact) mass is 195 g/mol. The molecule has 2 N–H and O–H groups in total. The number of nitrogens with two attached hydrogens (primary N) is 1. The Balaban J connectivity index is 2.19.